The van der Waals surface area contributed by atoms with Crippen LogP contribution in [0, 0.1) is 13.8 Å². The molecule has 0 radical (unpaired) electrons. The second-order valence-electron chi connectivity index (χ2n) is 8.06. The lowest BCUT2D eigenvalue weighted by atomic mass is 10.3. The summed E-state index contributed by atoms with van der Waals surface area (Å²) in [6.45, 7) is 3.39. The molecule has 10 nitrogen and oxygen atoms in total. The Kier molecular flexibility index (Phi) is 6.35. The molecule has 5 aromatic rings. The highest BCUT2D eigenvalue weighted by Gasteiger charge is 2.25. The van der Waals surface area contributed by atoms with E-state index < -0.39 is 20.0 Å². The van der Waals surface area contributed by atoms with Gasteiger partial charge in [-0.25, -0.2) is 26.2 Å². The van der Waals surface area contributed by atoms with E-state index >= 15 is 0 Å². The molecule has 0 unspecified atom stereocenters. The van der Waals surface area contributed by atoms with E-state index in [1.165, 1.54) is 46.5 Å². The van der Waals surface area contributed by atoms with E-state index in [0.717, 1.165) is 0 Å². The Labute approximate surface area is 217 Å². The minimum absolute atomic E-state index is 0.00617. The van der Waals surface area contributed by atoms with Gasteiger partial charge in [-0.3, -0.25) is 4.72 Å². The second kappa shape index (κ2) is 9.50. The van der Waals surface area contributed by atoms with Crippen LogP contribution in [-0.4, -0.2) is 31.8 Å². The summed E-state index contributed by atoms with van der Waals surface area (Å²) in [6, 6.07) is 18.1. The summed E-state index contributed by atoms with van der Waals surface area (Å²) < 4.78 is 63.7. The predicted octanol–water partition coefficient (Wildman–Crippen LogP) is 4.81. The van der Waals surface area contributed by atoms with E-state index in [-0.39, 0.29) is 21.4 Å². The van der Waals surface area contributed by atoms with Crippen LogP contribution >= 0.6 is 11.3 Å². The van der Waals surface area contributed by atoms with E-state index in [1.807, 2.05) is 41.8 Å². The van der Waals surface area contributed by atoms with Gasteiger partial charge >= 0.3 is 0 Å². The lowest BCUT2D eigenvalue weighted by Crippen LogP contribution is -2.15. The maximum Gasteiger partial charge on any atom is 0.265 e. The van der Waals surface area contributed by atoms with Crippen molar-refractivity contribution >= 4 is 43.0 Å². The number of para-hydroxylation sites is 1. The van der Waals surface area contributed by atoms with Crippen LogP contribution in [-0.2, 0) is 20.0 Å². The Morgan fingerprint density at radius 3 is 2.22 bits per heavy atom. The maximum atomic E-state index is 13.4. The Bertz CT molecular complexity index is 1760. The van der Waals surface area contributed by atoms with E-state index in [1.54, 1.807) is 19.9 Å². The molecule has 37 heavy (non-hydrogen) atoms. The zero-order valence-electron chi connectivity index (χ0n) is 19.6. The molecule has 2 aromatic carbocycles. The van der Waals surface area contributed by atoms with Gasteiger partial charge < -0.3 is 4.52 Å². The molecule has 2 N–H and O–H groups in total. The second-order valence-corrected chi connectivity index (χ2v) is 12.3. The first-order valence-corrected chi connectivity index (χ1v) is 14.8. The van der Waals surface area contributed by atoms with Crippen molar-refractivity contribution in [2.24, 2.45) is 0 Å². The largest absolute Gasteiger partial charge is 0.337 e. The van der Waals surface area contributed by atoms with Gasteiger partial charge in [0.05, 0.1) is 27.4 Å². The minimum Gasteiger partial charge on any atom is -0.337 e. The molecule has 0 saturated carbocycles. The molecule has 0 aliphatic carbocycles. The highest BCUT2D eigenvalue weighted by Crippen LogP contribution is 2.32. The number of hydrogen-bond donors (Lipinski definition) is 2. The third kappa shape index (κ3) is 5.01. The molecule has 0 saturated heterocycles. The van der Waals surface area contributed by atoms with Crippen molar-refractivity contribution in [2.45, 2.75) is 23.6 Å². The summed E-state index contributed by atoms with van der Waals surface area (Å²) >= 11 is 1.38. The molecule has 190 valence electrons. The molecule has 0 fully saturated rings. The van der Waals surface area contributed by atoms with Gasteiger partial charge in [0.2, 0.25) is 5.88 Å². The Morgan fingerprint density at radius 2 is 1.59 bits per heavy atom. The van der Waals surface area contributed by atoms with Gasteiger partial charge in [-0.15, -0.1) is 11.3 Å². The van der Waals surface area contributed by atoms with Gasteiger partial charge in [0.1, 0.15) is 10.6 Å². The Balaban J connectivity index is 1.43. The molecule has 3 aromatic heterocycles. The van der Waals surface area contributed by atoms with Gasteiger partial charge in [0.15, 0.2) is 0 Å². The predicted molar refractivity (Wildman–Crippen MR) is 141 cm³/mol. The normalized spacial score (nSPS) is 11.9. The molecule has 3 heterocycles. The summed E-state index contributed by atoms with van der Waals surface area (Å²) in [6.07, 6.45) is 1.46. The SMILES string of the molecule is Cc1noc(NS(=O)(=O)c2ccc(NS(=O)(=O)c3cn(-c4ccccc4)nc3-c3cccs3)cc2)c1C. The smallest absolute Gasteiger partial charge is 0.265 e. The van der Waals surface area contributed by atoms with Crippen molar-refractivity contribution in [1.29, 1.82) is 0 Å². The fourth-order valence-corrected chi connectivity index (χ4v) is 6.49. The molecule has 0 atom stereocenters. The van der Waals surface area contributed by atoms with Crippen LogP contribution in [0.3, 0.4) is 0 Å². The quantitative estimate of drug-likeness (QED) is 0.280. The number of nitrogens with zero attached hydrogens (tertiary/aromatic N) is 3. The van der Waals surface area contributed by atoms with Crippen LogP contribution in [0.5, 0.6) is 0 Å². The molecule has 5 rings (SSSR count). The topological polar surface area (TPSA) is 136 Å². The average Bonchev–Trinajstić information content (AvgIpc) is 3.62. The zero-order chi connectivity index (χ0) is 26.2. The number of thiophene rings is 1. The molecule has 0 spiro atoms. The number of hydrogen-bond acceptors (Lipinski definition) is 8. The van der Waals surface area contributed by atoms with Crippen LogP contribution in [0.15, 0.2) is 92.6 Å². The molecule has 0 bridgehead atoms. The Morgan fingerprint density at radius 1 is 0.865 bits per heavy atom. The van der Waals surface area contributed by atoms with E-state index in [2.05, 4.69) is 19.7 Å². The summed E-state index contributed by atoms with van der Waals surface area (Å²) in [5.41, 5.74) is 2.36. The van der Waals surface area contributed by atoms with Gasteiger partial charge in [0.25, 0.3) is 20.0 Å². The van der Waals surface area contributed by atoms with Crippen molar-refractivity contribution in [3.63, 3.8) is 0 Å². The number of aryl methyl sites for hydroxylation is 1. The first kappa shape index (κ1) is 24.7. The Hall–Kier alpha value is -3.94. The van der Waals surface area contributed by atoms with Gasteiger partial charge in [0, 0.05) is 11.3 Å². The third-order valence-electron chi connectivity index (χ3n) is 5.55. The van der Waals surface area contributed by atoms with Crippen LogP contribution in [0.1, 0.15) is 11.3 Å². The van der Waals surface area contributed by atoms with Crippen molar-refractivity contribution in [3.8, 4) is 16.3 Å². The number of rotatable bonds is 8. The van der Waals surface area contributed by atoms with E-state index in [0.29, 0.717) is 27.5 Å². The van der Waals surface area contributed by atoms with Crippen molar-refractivity contribution in [1.82, 2.24) is 14.9 Å². The first-order chi connectivity index (χ1) is 17.6. The lowest BCUT2D eigenvalue weighted by molar-refractivity contribution is 0.430. The van der Waals surface area contributed by atoms with Gasteiger partial charge in [-0.2, -0.15) is 5.10 Å². The van der Waals surface area contributed by atoms with Crippen molar-refractivity contribution in [3.05, 3.63) is 89.6 Å². The number of anilines is 2. The molecule has 0 amide bonds. The van der Waals surface area contributed by atoms with Crippen molar-refractivity contribution in [2.75, 3.05) is 9.44 Å². The van der Waals surface area contributed by atoms with Crippen LogP contribution in [0.2, 0.25) is 0 Å². The number of sulfonamides is 2. The summed E-state index contributed by atoms with van der Waals surface area (Å²) in [7, 11) is -8.04. The number of aromatic nitrogens is 3. The van der Waals surface area contributed by atoms with Gasteiger partial charge in [-0.05, 0) is 61.7 Å². The summed E-state index contributed by atoms with van der Waals surface area (Å²) in [5.74, 6) is 0.0267. The number of benzene rings is 2. The van der Waals surface area contributed by atoms with E-state index in [4.69, 9.17) is 4.52 Å². The molecule has 0 aliphatic rings. The van der Waals surface area contributed by atoms with Crippen molar-refractivity contribution < 1.29 is 21.4 Å². The zero-order valence-corrected chi connectivity index (χ0v) is 22.1. The minimum atomic E-state index is -4.07. The first-order valence-electron chi connectivity index (χ1n) is 10.9. The number of nitrogens with one attached hydrogen (secondary N) is 2. The molecule has 0 aliphatic heterocycles. The molecule has 13 heteroatoms. The van der Waals surface area contributed by atoms with Gasteiger partial charge in [-0.1, -0.05) is 29.4 Å². The monoisotopic (exact) mass is 555 g/mol. The summed E-state index contributed by atoms with van der Waals surface area (Å²) in [4.78, 5) is 0.619. The standard InChI is InChI=1S/C24H21N5O5S3/c1-16-17(2)26-34-24(16)28-36(30,31)20-12-10-18(11-13-20)27-37(32,33)22-15-29(19-7-4-3-5-8-19)25-23(22)21-9-6-14-35-21/h3-15,27-28H,1-2H3. The average molecular weight is 556 g/mol. The highest BCUT2D eigenvalue weighted by atomic mass is 32.2. The van der Waals surface area contributed by atoms with Crippen LogP contribution < -0.4 is 9.44 Å². The third-order valence-corrected chi connectivity index (χ3v) is 9.15. The fourth-order valence-electron chi connectivity index (χ4n) is 3.46. The van der Waals surface area contributed by atoms with Crippen LogP contribution in [0.25, 0.3) is 16.3 Å². The molecular formula is C24H21N5O5S3. The molecular weight excluding hydrogens is 534 g/mol. The lowest BCUT2D eigenvalue weighted by Gasteiger charge is -2.09. The fraction of sp³-hybridized carbons (Fsp3) is 0.0833. The van der Waals surface area contributed by atoms with Crippen LogP contribution in [0.4, 0.5) is 11.6 Å². The maximum absolute atomic E-state index is 13.4. The van der Waals surface area contributed by atoms with E-state index in [9.17, 15) is 16.8 Å². The summed E-state index contributed by atoms with van der Waals surface area (Å²) in [5, 5.41) is 10.1. The highest BCUT2D eigenvalue weighted by molar-refractivity contribution is 7.93.